The average molecular weight is 283 g/mol. The maximum absolute atomic E-state index is 12.5. The van der Waals surface area contributed by atoms with Gasteiger partial charge < -0.3 is 10.2 Å². The highest BCUT2D eigenvalue weighted by atomic mass is 16.2. The van der Waals surface area contributed by atoms with E-state index in [1.54, 1.807) is 23.2 Å². The molecule has 1 aromatic heterocycles. The Morgan fingerprint density at radius 1 is 1.29 bits per heavy atom. The number of hydrogen-bond acceptors (Lipinski definition) is 3. The summed E-state index contributed by atoms with van der Waals surface area (Å²) in [7, 11) is 1.82. The largest absolute Gasteiger partial charge is 0.370 e. The first-order valence-corrected chi connectivity index (χ1v) is 7.11. The van der Waals surface area contributed by atoms with Crippen LogP contribution in [0.4, 0.5) is 5.82 Å². The number of nitrogens with zero attached hydrogens (tertiary/aromatic N) is 2. The van der Waals surface area contributed by atoms with Gasteiger partial charge in [-0.3, -0.25) is 4.79 Å². The monoisotopic (exact) mass is 283 g/mol. The van der Waals surface area contributed by atoms with Crippen LogP contribution in [0.1, 0.15) is 28.4 Å². The van der Waals surface area contributed by atoms with Crippen LogP contribution >= 0.6 is 0 Å². The Morgan fingerprint density at radius 3 is 2.81 bits per heavy atom. The molecule has 0 aliphatic rings. The molecule has 0 aliphatic heterocycles. The highest BCUT2D eigenvalue weighted by Crippen LogP contribution is 2.12. The third kappa shape index (κ3) is 4.05. The lowest BCUT2D eigenvalue weighted by Gasteiger charge is -2.18. The zero-order valence-corrected chi connectivity index (χ0v) is 12.8. The van der Waals surface area contributed by atoms with E-state index in [-0.39, 0.29) is 5.91 Å². The molecule has 21 heavy (non-hydrogen) atoms. The molecule has 1 amide bonds. The number of anilines is 1. The smallest absolute Gasteiger partial charge is 0.254 e. The van der Waals surface area contributed by atoms with E-state index >= 15 is 0 Å². The van der Waals surface area contributed by atoms with Gasteiger partial charge in [-0.15, -0.1) is 0 Å². The zero-order chi connectivity index (χ0) is 15.2. The fourth-order valence-electron chi connectivity index (χ4n) is 2.22. The molecule has 0 atom stereocenters. The molecule has 0 bridgehead atoms. The standard InChI is InChI=1S/C17H21N3O/c1-4-18-16-11-15(8-9-19-16)17(21)20(3)12-14-7-5-6-13(2)10-14/h5-11H,4,12H2,1-3H3,(H,18,19). The second kappa shape index (κ2) is 6.88. The summed E-state index contributed by atoms with van der Waals surface area (Å²) in [6.07, 6.45) is 1.66. The van der Waals surface area contributed by atoms with E-state index < -0.39 is 0 Å². The van der Waals surface area contributed by atoms with Gasteiger partial charge in [0, 0.05) is 31.9 Å². The summed E-state index contributed by atoms with van der Waals surface area (Å²) in [5.41, 5.74) is 2.98. The Labute approximate surface area is 125 Å². The molecular formula is C17H21N3O. The fraction of sp³-hybridized carbons (Fsp3) is 0.294. The lowest BCUT2D eigenvalue weighted by molar-refractivity contribution is 0.0785. The maximum Gasteiger partial charge on any atom is 0.254 e. The van der Waals surface area contributed by atoms with Crippen LogP contribution in [0.5, 0.6) is 0 Å². The van der Waals surface area contributed by atoms with Crippen molar-refractivity contribution in [2.75, 3.05) is 18.9 Å². The Morgan fingerprint density at radius 2 is 2.10 bits per heavy atom. The third-order valence-corrected chi connectivity index (χ3v) is 3.21. The first kappa shape index (κ1) is 15.0. The molecule has 4 nitrogen and oxygen atoms in total. The number of aromatic nitrogens is 1. The van der Waals surface area contributed by atoms with Gasteiger partial charge in [0.25, 0.3) is 5.91 Å². The molecule has 1 heterocycles. The van der Waals surface area contributed by atoms with E-state index in [0.29, 0.717) is 12.1 Å². The molecule has 1 N–H and O–H groups in total. The topological polar surface area (TPSA) is 45.2 Å². The molecule has 0 spiro atoms. The summed E-state index contributed by atoms with van der Waals surface area (Å²) in [5.74, 6) is 0.727. The van der Waals surface area contributed by atoms with Crippen LogP contribution in [-0.2, 0) is 6.54 Å². The number of hydrogen-bond donors (Lipinski definition) is 1. The lowest BCUT2D eigenvalue weighted by atomic mass is 10.1. The molecule has 0 fully saturated rings. The molecular weight excluding hydrogens is 262 g/mol. The Balaban J connectivity index is 2.10. The summed E-state index contributed by atoms with van der Waals surface area (Å²) in [6.45, 7) is 5.43. The van der Waals surface area contributed by atoms with Crippen LogP contribution in [0.25, 0.3) is 0 Å². The zero-order valence-electron chi connectivity index (χ0n) is 12.8. The molecule has 0 radical (unpaired) electrons. The van der Waals surface area contributed by atoms with E-state index in [2.05, 4.69) is 29.4 Å². The van der Waals surface area contributed by atoms with Crippen molar-refractivity contribution >= 4 is 11.7 Å². The van der Waals surface area contributed by atoms with Crippen LogP contribution in [0, 0.1) is 6.92 Å². The SMILES string of the molecule is CCNc1cc(C(=O)N(C)Cc2cccc(C)c2)ccn1. The van der Waals surface area contributed by atoms with E-state index in [1.807, 2.05) is 26.1 Å². The van der Waals surface area contributed by atoms with Crippen LogP contribution in [-0.4, -0.2) is 29.4 Å². The van der Waals surface area contributed by atoms with Gasteiger partial charge in [-0.05, 0) is 31.5 Å². The summed E-state index contributed by atoms with van der Waals surface area (Å²) in [5, 5.41) is 3.12. The second-order valence-electron chi connectivity index (χ2n) is 5.11. The number of carbonyl (C=O) groups is 1. The van der Waals surface area contributed by atoms with Crippen molar-refractivity contribution in [1.29, 1.82) is 0 Å². The first-order chi connectivity index (χ1) is 10.1. The molecule has 4 heteroatoms. The number of benzene rings is 1. The van der Waals surface area contributed by atoms with Gasteiger partial charge in [-0.25, -0.2) is 4.98 Å². The fourth-order valence-corrected chi connectivity index (χ4v) is 2.22. The van der Waals surface area contributed by atoms with Crippen molar-refractivity contribution in [2.45, 2.75) is 20.4 Å². The second-order valence-corrected chi connectivity index (χ2v) is 5.11. The van der Waals surface area contributed by atoms with Crippen LogP contribution < -0.4 is 5.32 Å². The van der Waals surface area contributed by atoms with Gasteiger partial charge in [-0.1, -0.05) is 29.8 Å². The summed E-state index contributed by atoms with van der Waals surface area (Å²) >= 11 is 0. The van der Waals surface area contributed by atoms with Crippen molar-refractivity contribution in [1.82, 2.24) is 9.88 Å². The maximum atomic E-state index is 12.5. The predicted octanol–water partition coefficient (Wildman–Crippen LogP) is 3.09. The van der Waals surface area contributed by atoms with Gasteiger partial charge in [-0.2, -0.15) is 0 Å². The Hall–Kier alpha value is -2.36. The van der Waals surface area contributed by atoms with Crippen LogP contribution in [0.2, 0.25) is 0 Å². The number of pyridine rings is 1. The van der Waals surface area contributed by atoms with E-state index in [9.17, 15) is 4.79 Å². The van der Waals surface area contributed by atoms with Crippen molar-refractivity contribution < 1.29 is 4.79 Å². The molecule has 0 saturated carbocycles. The molecule has 0 unspecified atom stereocenters. The predicted molar refractivity (Wildman–Crippen MR) is 85.4 cm³/mol. The van der Waals surface area contributed by atoms with Gasteiger partial charge in [0.05, 0.1) is 0 Å². The molecule has 2 rings (SSSR count). The summed E-state index contributed by atoms with van der Waals surface area (Å²) in [6, 6.07) is 11.7. The highest BCUT2D eigenvalue weighted by Gasteiger charge is 2.12. The molecule has 110 valence electrons. The van der Waals surface area contributed by atoms with E-state index in [4.69, 9.17) is 0 Å². The summed E-state index contributed by atoms with van der Waals surface area (Å²) in [4.78, 5) is 18.4. The van der Waals surface area contributed by atoms with E-state index in [1.165, 1.54) is 5.56 Å². The Kier molecular flexibility index (Phi) is 4.93. The number of aryl methyl sites for hydroxylation is 1. The van der Waals surface area contributed by atoms with E-state index in [0.717, 1.165) is 17.9 Å². The number of rotatable bonds is 5. The number of nitrogens with one attached hydrogen (secondary N) is 1. The molecule has 2 aromatic rings. The first-order valence-electron chi connectivity index (χ1n) is 7.11. The van der Waals surface area contributed by atoms with Gasteiger partial charge >= 0.3 is 0 Å². The normalized spacial score (nSPS) is 10.2. The number of amides is 1. The minimum Gasteiger partial charge on any atom is -0.370 e. The Bertz CT molecular complexity index is 625. The number of carbonyl (C=O) groups excluding carboxylic acids is 1. The van der Waals surface area contributed by atoms with Crippen LogP contribution in [0.3, 0.4) is 0 Å². The highest BCUT2D eigenvalue weighted by molar-refractivity contribution is 5.94. The lowest BCUT2D eigenvalue weighted by Crippen LogP contribution is -2.26. The van der Waals surface area contributed by atoms with Gasteiger partial charge in [0.1, 0.15) is 5.82 Å². The van der Waals surface area contributed by atoms with Crippen molar-refractivity contribution in [2.24, 2.45) is 0 Å². The van der Waals surface area contributed by atoms with Crippen molar-refractivity contribution in [3.8, 4) is 0 Å². The van der Waals surface area contributed by atoms with Gasteiger partial charge in [0.2, 0.25) is 0 Å². The minimum absolute atomic E-state index is 0.00180. The molecule has 0 aliphatic carbocycles. The molecule has 1 aromatic carbocycles. The van der Waals surface area contributed by atoms with Crippen molar-refractivity contribution in [3.63, 3.8) is 0 Å². The quantitative estimate of drug-likeness (QED) is 0.917. The third-order valence-electron chi connectivity index (χ3n) is 3.21. The minimum atomic E-state index is -0.00180. The van der Waals surface area contributed by atoms with Crippen LogP contribution in [0.15, 0.2) is 42.6 Å². The average Bonchev–Trinajstić information content (AvgIpc) is 2.47. The summed E-state index contributed by atoms with van der Waals surface area (Å²) < 4.78 is 0. The van der Waals surface area contributed by atoms with Crippen molar-refractivity contribution in [3.05, 3.63) is 59.3 Å². The van der Waals surface area contributed by atoms with Gasteiger partial charge in [0.15, 0.2) is 0 Å². The molecule has 0 saturated heterocycles.